The molecule has 7 heteroatoms. The number of hydrogen-bond acceptors (Lipinski definition) is 6. The summed E-state index contributed by atoms with van der Waals surface area (Å²) in [5.41, 5.74) is 3.71. The Bertz CT molecular complexity index is 921. The van der Waals surface area contributed by atoms with Gasteiger partial charge in [-0.15, -0.1) is 0 Å². The fourth-order valence-corrected chi connectivity index (χ4v) is 4.01. The van der Waals surface area contributed by atoms with Crippen LogP contribution in [0, 0.1) is 0 Å². The molecule has 0 saturated carbocycles. The van der Waals surface area contributed by atoms with Crippen LogP contribution in [0.15, 0.2) is 54.1 Å². The Morgan fingerprint density at radius 3 is 2.86 bits per heavy atom. The molecule has 2 unspecified atom stereocenters. The van der Waals surface area contributed by atoms with Crippen molar-refractivity contribution in [3.05, 3.63) is 54.1 Å². The number of allylic oxidation sites excluding steroid dienone is 1. The van der Waals surface area contributed by atoms with E-state index in [0.29, 0.717) is 26.2 Å². The predicted molar refractivity (Wildman–Crippen MR) is 138 cm³/mol. The average Bonchev–Trinajstić information content (AvgIpc) is 2.89. The molecule has 1 aliphatic heterocycles. The standard InChI is InChI=1S/C28H40N2O5/c1-22(20-32-2)29-19-23(21-34-26-15-10-13-24-12-6-7-14-25(24)26)11-4-3-5-16-27(31)30-35-28-17-8-9-18-33-28/h6-7,10-15,22,28-29H,3-5,8-9,16-21H2,1-2H3,(H,30,31)/b23-11-. The summed E-state index contributed by atoms with van der Waals surface area (Å²) in [7, 11) is 1.71. The van der Waals surface area contributed by atoms with E-state index in [0.717, 1.165) is 56.2 Å². The summed E-state index contributed by atoms with van der Waals surface area (Å²) < 4.78 is 16.9. The number of carbonyl (C=O) groups is 1. The smallest absolute Gasteiger partial charge is 0.243 e. The van der Waals surface area contributed by atoms with Crippen LogP contribution in [0.25, 0.3) is 10.8 Å². The van der Waals surface area contributed by atoms with Gasteiger partial charge >= 0.3 is 0 Å². The molecule has 192 valence electrons. The number of carbonyl (C=O) groups excluding carboxylic acids is 1. The molecule has 3 rings (SSSR count). The maximum absolute atomic E-state index is 12.0. The molecule has 2 aromatic carbocycles. The molecule has 1 saturated heterocycles. The van der Waals surface area contributed by atoms with Crippen molar-refractivity contribution in [2.45, 2.75) is 64.2 Å². The SMILES string of the molecule is COCC(C)NC/C(=C/CCCCC(=O)NOC1CCCCO1)COc1cccc2ccccc12. The van der Waals surface area contributed by atoms with Crippen molar-refractivity contribution in [3.63, 3.8) is 0 Å². The van der Waals surface area contributed by atoms with Crippen LogP contribution >= 0.6 is 0 Å². The van der Waals surface area contributed by atoms with Crippen molar-refractivity contribution in [1.29, 1.82) is 0 Å². The first kappa shape index (κ1) is 27.1. The van der Waals surface area contributed by atoms with E-state index in [1.54, 1.807) is 7.11 Å². The van der Waals surface area contributed by atoms with Gasteiger partial charge in [-0.3, -0.25) is 4.79 Å². The van der Waals surface area contributed by atoms with E-state index in [-0.39, 0.29) is 18.2 Å². The summed E-state index contributed by atoms with van der Waals surface area (Å²) in [6.07, 6.45) is 7.89. The van der Waals surface area contributed by atoms with Crippen LogP contribution in [0.1, 0.15) is 51.9 Å². The molecule has 1 aliphatic rings. The zero-order chi connectivity index (χ0) is 24.7. The van der Waals surface area contributed by atoms with E-state index in [1.165, 1.54) is 11.0 Å². The minimum absolute atomic E-state index is 0.0993. The second-order valence-corrected chi connectivity index (χ2v) is 9.05. The highest BCUT2D eigenvalue weighted by molar-refractivity contribution is 5.88. The number of amides is 1. The summed E-state index contributed by atoms with van der Waals surface area (Å²) in [5, 5.41) is 5.78. The molecule has 7 nitrogen and oxygen atoms in total. The number of unbranched alkanes of at least 4 members (excludes halogenated alkanes) is 2. The van der Waals surface area contributed by atoms with E-state index < -0.39 is 0 Å². The van der Waals surface area contributed by atoms with Gasteiger partial charge in [-0.25, -0.2) is 10.3 Å². The van der Waals surface area contributed by atoms with Gasteiger partial charge in [0.25, 0.3) is 0 Å². The molecule has 0 radical (unpaired) electrons. The average molecular weight is 485 g/mol. The highest BCUT2D eigenvalue weighted by Crippen LogP contribution is 2.25. The molecular weight excluding hydrogens is 444 g/mol. The van der Waals surface area contributed by atoms with Gasteiger partial charge < -0.3 is 19.5 Å². The Morgan fingerprint density at radius 2 is 2.03 bits per heavy atom. The van der Waals surface area contributed by atoms with Crippen LogP contribution in [0.4, 0.5) is 0 Å². The van der Waals surface area contributed by atoms with Crippen molar-refractivity contribution in [1.82, 2.24) is 10.8 Å². The number of fused-ring (bicyclic) bond motifs is 1. The monoisotopic (exact) mass is 484 g/mol. The number of hydrogen-bond donors (Lipinski definition) is 2. The number of nitrogens with one attached hydrogen (secondary N) is 2. The first-order valence-corrected chi connectivity index (χ1v) is 12.7. The highest BCUT2D eigenvalue weighted by Gasteiger charge is 2.15. The summed E-state index contributed by atoms with van der Waals surface area (Å²) in [4.78, 5) is 17.4. The zero-order valence-corrected chi connectivity index (χ0v) is 21.1. The molecule has 0 aliphatic carbocycles. The van der Waals surface area contributed by atoms with Crippen molar-refractivity contribution in [2.75, 3.05) is 33.5 Å². The second kappa shape index (κ2) is 15.5. The Balaban J connectivity index is 1.45. The third kappa shape index (κ3) is 9.98. The van der Waals surface area contributed by atoms with Crippen molar-refractivity contribution in [2.24, 2.45) is 0 Å². The lowest BCUT2D eigenvalue weighted by atomic mass is 10.1. The maximum Gasteiger partial charge on any atom is 0.243 e. The topological polar surface area (TPSA) is 78.1 Å². The van der Waals surface area contributed by atoms with Gasteiger partial charge in [0, 0.05) is 44.5 Å². The van der Waals surface area contributed by atoms with Crippen molar-refractivity contribution < 1.29 is 23.8 Å². The fraction of sp³-hybridized carbons (Fsp3) is 0.536. The summed E-state index contributed by atoms with van der Waals surface area (Å²) in [5.74, 6) is 0.787. The van der Waals surface area contributed by atoms with Gasteiger partial charge in [0.05, 0.1) is 6.61 Å². The minimum Gasteiger partial charge on any atom is -0.489 e. The van der Waals surface area contributed by atoms with Gasteiger partial charge in [-0.05, 0) is 56.1 Å². The van der Waals surface area contributed by atoms with E-state index in [1.807, 2.05) is 24.3 Å². The lowest BCUT2D eigenvalue weighted by Crippen LogP contribution is -2.33. The third-order valence-electron chi connectivity index (χ3n) is 5.99. The molecule has 0 bridgehead atoms. The predicted octanol–water partition coefficient (Wildman–Crippen LogP) is 4.90. The first-order valence-electron chi connectivity index (χ1n) is 12.7. The molecule has 1 amide bonds. The largest absolute Gasteiger partial charge is 0.489 e. The number of rotatable bonds is 15. The summed E-state index contributed by atoms with van der Waals surface area (Å²) in [6, 6.07) is 14.6. The highest BCUT2D eigenvalue weighted by atomic mass is 16.8. The van der Waals surface area contributed by atoms with Crippen LogP contribution in [0.2, 0.25) is 0 Å². The van der Waals surface area contributed by atoms with Gasteiger partial charge in [-0.2, -0.15) is 0 Å². The van der Waals surface area contributed by atoms with Gasteiger partial charge in [0.1, 0.15) is 12.4 Å². The third-order valence-corrected chi connectivity index (χ3v) is 5.99. The van der Waals surface area contributed by atoms with Gasteiger partial charge in [0.15, 0.2) is 6.29 Å². The number of methoxy groups -OCH3 is 1. The minimum atomic E-state index is -0.312. The molecule has 1 fully saturated rings. The Morgan fingerprint density at radius 1 is 1.17 bits per heavy atom. The molecule has 2 N–H and O–H groups in total. The van der Waals surface area contributed by atoms with Crippen LogP contribution < -0.4 is 15.5 Å². The van der Waals surface area contributed by atoms with Crippen molar-refractivity contribution >= 4 is 16.7 Å². The molecule has 0 spiro atoms. The van der Waals surface area contributed by atoms with E-state index >= 15 is 0 Å². The molecule has 35 heavy (non-hydrogen) atoms. The lowest BCUT2D eigenvalue weighted by molar-refractivity contribution is -0.200. The summed E-state index contributed by atoms with van der Waals surface area (Å²) >= 11 is 0. The number of hydroxylamine groups is 1. The van der Waals surface area contributed by atoms with E-state index in [2.05, 4.69) is 42.0 Å². The molecule has 2 aromatic rings. The lowest BCUT2D eigenvalue weighted by Gasteiger charge is -2.22. The molecule has 1 heterocycles. The van der Waals surface area contributed by atoms with E-state index in [9.17, 15) is 4.79 Å². The first-order chi connectivity index (χ1) is 17.2. The van der Waals surface area contributed by atoms with Crippen LogP contribution in [-0.4, -0.2) is 51.7 Å². The van der Waals surface area contributed by atoms with Crippen LogP contribution in [-0.2, 0) is 19.1 Å². The maximum atomic E-state index is 12.0. The van der Waals surface area contributed by atoms with Gasteiger partial charge in [-0.1, -0.05) is 42.5 Å². The van der Waals surface area contributed by atoms with Gasteiger partial charge in [0.2, 0.25) is 5.91 Å². The number of ether oxygens (including phenoxy) is 3. The van der Waals surface area contributed by atoms with Crippen molar-refractivity contribution in [3.8, 4) is 5.75 Å². The quantitative estimate of drug-likeness (QED) is 0.213. The number of benzene rings is 2. The molecule has 2 atom stereocenters. The second-order valence-electron chi connectivity index (χ2n) is 9.05. The van der Waals surface area contributed by atoms with Crippen LogP contribution in [0.3, 0.4) is 0 Å². The van der Waals surface area contributed by atoms with Crippen LogP contribution in [0.5, 0.6) is 5.75 Å². The Kier molecular flexibility index (Phi) is 12.0. The Labute approximate surface area is 209 Å². The Hall–Kier alpha value is -2.45. The van der Waals surface area contributed by atoms with E-state index in [4.69, 9.17) is 19.0 Å². The molecular formula is C28H40N2O5. The zero-order valence-electron chi connectivity index (χ0n) is 21.1. The fourth-order valence-electron chi connectivity index (χ4n) is 4.01. The summed E-state index contributed by atoms with van der Waals surface area (Å²) in [6.45, 7) is 4.69. The normalized spacial score (nSPS) is 17.3. The molecule has 0 aromatic heterocycles.